The molecule has 0 bridgehead atoms. The summed E-state index contributed by atoms with van der Waals surface area (Å²) in [7, 11) is 3.10. The van der Waals surface area contributed by atoms with Crippen LogP contribution < -0.4 is 10.6 Å². The Balaban J connectivity index is 2.63. The predicted molar refractivity (Wildman–Crippen MR) is 72.8 cm³/mol. The fraction of sp³-hybridized carbons (Fsp3) is 0.429. The van der Waals surface area contributed by atoms with Crippen LogP contribution in [0.4, 0.5) is 0 Å². The number of nitrogens with one attached hydrogen (secondary N) is 2. The minimum atomic E-state index is -0.429. The second-order valence-corrected chi connectivity index (χ2v) is 4.13. The molecule has 2 amide bonds. The van der Waals surface area contributed by atoms with Gasteiger partial charge in [-0.05, 0) is 24.1 Å². The first-order valence-electron chi connectivity index (χ1n) is 6.23. The number of rotatable bonds is 6. The van der Waals surface area contributed by atoms with Crippen LogP contribution in [0.15, 0.2) is 24.3 Å². The standard InChI is InChI=1S/C14H20N2O3/c1-4-12(19-3)14(18)16-9-10-6-5-7-11(8-10)13(17)15-2/h5-8,12H,4,9H2,1-3H3,(H,15,17)(H,16,18). The molecule has 2 N–H and O–H groups in total. The minimum Gasteiger partial charge on any atom is -0.372 e. The fourth-order valence-corrected chi connectivity index (χ4v) is 1.73. The normalized spacial score (nSPS) is 11.7. The van der Waals surface area contributed by atoms with Gasteiger partial charge in [0.1, 0.15) is 6.10 Å². The monoisotopic (exact) mass is 264 g/mol. The Kier molecular flexibility index (Phi) is 6.02. The van der Waals surface area contributed by atoms with Gasteiger partial charge in [-0.15, -0.1) is 0 Å². The van der Waals surface area contributed by atoms with Crippen LogP contribution in [0.3, 0.4) is 0 Å². The summed E-state index contributed by atoms with van der Waals surface area (Å²) < 4.78 is 5.05. The van der Waals surface area contributed by atoms with Crippen LogP contribution in [0.2, 0.25) is 0 Å². The molecule has 1 aromatic carbocycles. The van der Waals surface area contributed by atoms with E-state index in [0.29, 0.717) is 18.5 Å². The Morgan fingerprint density at radius 3 is 2.68 bits per heavy atom. The lowest BCUT2D eigenvalue weighted by Gasteiger charge is -2.13. The zero-order chi connectivity index (χ0) is 14.3. The SMILES string of the molecule is CCC(OC)C(=O)NCc1cccc(C(=O)NC)c1. The molecule has 5 nitrogen and oxygen atoms in total. The van der Waals surface area contributed by atoms with Crippen LogP contribution in [0.5, 0.6) is 0 Å². The molecule has 0 radical (unpaired) electrons. The van der Waals surface area contributed by atoms with Gasteiger partial charge in [0.2, 0.25) is 5.91 Å². The largest absolute Gasteiger partial charge is 0.372 e. The third-order valence-corrected chi connectivity index (χ3v) is 2.83. The van der Waals surface area contributed by atoms with Crippen LogP contribution in [-0.4, -0.2) is 32.1 Å². The summed E-state index contributed by atoms with van der Waals surface area (Å²) >= 11 is 0. The number of hydrogen-bond acceptors (Lipinski definition) is 3. The molecule has 1 unspecified atom stereocenters. The smallest absolute Gasteiger partial charge is 0.251 e. The highest BCUT2D eigenvalue weighted by Gasteiger charge is 2.14. The molecule has 1 aromatic rings. The molecular weight excluding hydrogens is 244 g/mol. The number of methoxy groups -OCH3 is 1. The lowest BCUT2D eigenvalue weighted by molar-refractivity contribution is -0.131. The third kappa shape index (κ3) is 4.37. The lowest BCUT2D eigenvalue weighted by Crippen LogP contribution is -2.35. The molecule has 0 fully saturated rings. The van der Waals surface area contributed by atoms with Crippen LogP contribution in [0.1, 0.15) is 29.3 Å². The van der Waals surface area contributed by atoms with E-state index in [1.807, 2.05) is 13.0 Å². The number of amides is 2. The molecule has 0 saturated carbocycles. The first-order chi connectivity index (χ1) is 9.12. The van der Waals surface area contributed by atoms with E-state index < -0.39 is 6.10 Å². The van der Waals surface area contributed by atoms with E-state index in [1.165, 1.54) is 7.11 Å². The summed E-state index contributed by atoms with van der Waals surface area (Å²) in [5.41, 5.74) is 1.45. The van der Waals surface area contributed by atoms with Crippen molar-refractivity contribution in [3.05, 3.63) is 35.4 Å². The van der Waals surface area contributed by atoms with Gasteiger partial charge in [-0.3, -0.25) is 9.59 Å². The van der Waals surface area contributed by atoms with E-state index in [1.54, 1.807) is 25.2 Å². The number of carbonyl (C=O) groups excluding carboxylic acids is 2. The van der Waals surface area contributed by atoms with Gasteiger partial charge in [0, 0.05) is 26.3 Å². The number of hydrogen-bond donors (Lipinski definition) is 2. The average Bonchev–Trinajstić information content (AvgIpc) is 2.45. The third-order valence-electron chi connectivity index (χ3n) is 2.83. The number of carbonyl (C=O) groups is 2. The van der Waals surface area contributed by atoms with Crippen molar-refractivity contribution >= 4 is 11.8 Å². The maximum Gasteiger partial charge on any atom is 0.251 e. The topological polar surface area (TPSA) is 67.4 Å². The first kappa shape index (κ1) is 15.2. The summed E-state index contributed by atoms with van der Waals surface area (Å²) in [6, 6.07) is 7.14. The molecule has 0 aliphatic heterocycles. The van der Waals surface area contributed by atoms with Crippen molar-refractivity contribution in [1.29, 1.82) is 0 Å². The summed E-state index contributed by atoms with van der Waals surface area (Å²) in [6.45, 7) is 2.27. The molecule has 0 saturated heterocycles. The molecule has 0 aromatic heterocycles. The Bertz CT molecular complexity index is 442. The molecule has 1 atom stereocenters. The molecular formula is C14H20N2O3. The highest BCUT2D eigenvalue weighted by Crippen LogP contribution is 2.05. The van der Waals surface area contributed by atoms with Gasteiger partial charge >= 0.3 is 0 Å². The van der Waals surface area contributed by atoms with E-state index in [0.717, 1.165) is 5.56 Å². The van der Waals surface area contributed by atoms with Crippen LogP contribution in [0.25, 0.3) is 0 Å². The summed E-state index contributed by atoms with van der Waals surface area (Å²) in [5, 5.41) is 5.35. The van der Waals surface area contributed by atoms with Crippen molar-refractivity contribution in [3.8, 4) is 0 Å². The molecule has 0 heterocycles. The summed E-state index contributed by atoms with van der Waals surface area (Å²) in [4.78, 5) is 23.2. The maximum absolute atomic E-state index is 11.7. The quantitative estimate of drug-likeness (QED) is 0.808. The van der Waals surface area contributed by atoms with Crippen molar-refractivity contribution in [2.75, 3.05) is 14.2 Å². The average molecular weight is 264 g/mol. The van der Waals surface area contributed by atoms with Gasteiger partial charge in [0.15, 0.2) is 0 Å². The van der Waals surface area contributed by atoms with Gasteiger partial charge in [-0.2, -0.15) is 0 Å². The summed E-state index contributed by atoms with van der Waals surface area (Å²) in [5.74, 6) is -0.285. The molecule has 19 heavy (non-hydrogen) atoms. The molecule has 0 aliphatic rings. The Morgan fingerprint density at radius 2 is 2.11 bits per heavy atom. The minimum absolute atomic E-state index is 0.142. The maximum atomic E-state index is 11.7. The van der Waals surface area contributed by atoms with Crippen molar-refractivity contribution in [3.63, 3.8) is 0 Å². The zero-order valence-electron chi connectivity index (χ0n) is 11.5. The molecule has 5 heteroatoms. The highest BCUT2D eigenvalue weighted by atomic mass is 16.5. The van der Waals surface area contributed by atoms with Crippen LogP contribution in [-0.2, 0) is 16.1 Å². The van der Waals surface area contributed by atoms with E-state index in [9.17, 15) is 9.59 Å². The second-order valence-electron chi connectivity index (χ2n) is 4.13. The number of ether oxygens (including phenoxy) is 1. The molecule has 0 spiro atoms. The van der Waals surface area contributed by atoms with Gasteiger partial charge in [0.05, 0.1) is 0 Å². The van der Waals surface area contributed by atoms with Crippen LogP contribution >= 0.6 is 0 Å². The number of benzene rings is 1. The first-order valence-corrected chi connectivity index (χ1v) is 6.23. The van der Waals surface area contributed by atoms with Crippen molar-refractivity contribution in [2.24, 2.45) is 0 Å². The van der Waals surface area contributed by atoms with E-state index in [-0.39, 0.29) is 11.8 Å². The van der Waals surface area contributed by atoms with E-state index in [2.05, 4.69) is 10.6 Å². The van der Waals surface area contributed by atoms with Gasteiger partial charge < -0.3 is 15.4 Å². The molecule has 0 aliphatic carbocycles. The molecule has 1 rings (SSSR count). The fourth-order valence-electron chi connectivity index (χ4n) is 1.73. The zero-order valence-corrected chi connectivity index (χ0v) is 11.5. The second kappa shape index (κ2) is 7.53. The summed E-state index contributed by atoms with van der Waals surface area (Å²) in [6.07, 6.45) is 0.197. The highest BCUT2D eigenvalue weighted by molar-refractivity contribution is 5.94. The Labute approximate surface area is 113 Å². The van der Waals surface area contributed by atoms with Gasteiger partial charge in [-0.25, -0.2) is 0 Å². The van der Waals surface area contributed by atoms with Crippen molar-refractivity contribution in [1.82, 2.24) is 10.6 Å². The Hall–Kier alpha value is -1.88. The van der Waals surface area contributed by atoms with Crippen molar-refractivity contribution in [2.45, 2.75) is 26.0 Å². The lowest BCUT2D eigenvalue weighted by atomic mass is 10.1. The van der Waals surface area contributed by atoms with Crippen LogP contribution in [0, 0.1) is 0 Å². The van der Waals surface area contributed by atoms with E-state index in [4.69, 9.17) is 4.74 Å². The Morgan fingerprint density at radius 1 is 1.37 bits per heavy atom. The van der Waals surface area contributed by atoms with Gasteiger partial charge in [0.25, 0.3) is 5.91 Å². The molecule has 104 valence electrons. The van der Waals surface area contributed by atoms with Gasteiger partial charge in [-0.1, -0.05) is 19.1 Å². The van der Waals surface area contributed by atoms with E-state index >= 15 is 0 Å². The predicted octanol–water partition coefficient (Wildman–Crippen LogP) is 1.09. The van der Waals surface area contributed by atoms with Crippen molar-refractivity contribution < 1.29 is 14.3 Å².